The topological polar surface area (TPSA) is 66.5 Å². The number of carbonyl (C=O) groups excluding carboxylic acids is 1. The maximum absolute atomic E-state index is 12.3. The Balaban J connectivity index is 2.01. The second-order valence-electron chi connectivity index (χ2n) is 6.16. The first-order valence-electron chi connectivity index (χ1n) is 7.94. The van der Waals surface area contributed by atoms with Crippen molar-refractivity contribution in [1.29, 1.82) is 0 Å². The van der Waals surface area contributed by atoms with Crippen molar-refractivity contribution in [2.75, 3.05) is 25.9 Å². The fourth-order valence-electron chi connectivity index (χ4n) is 2.84. The van der Waals surface area contributed by atoms with Crippen molar-refractivity contribution in [3.63, 3.8) is 0 Å². The molecular weight excluding hydrogens is 357 g/mol. The number of likely N-dealkylation sites (tertiary alicyclic amines) is 1. The maximum atomic E-state index is 12.3. The molecule has 1 unspecified atom stereocenters. The van der Waals surface area contributed by atoms with Crippen LogP contribution < -0.4 is 5.32 Å². The number of carbonyl (C=O) groups is 1. The van der Waals surface area contributed by atoms with E-state index in [1.54, 1.807) is 4.90 Å². The summed E-state index contributed by atoms with van der Waals surface area (Å²) in [7, 11) is -2.58. The molecule has 1 amide bonds. The van der Waals surface area contributed by atoms with Crippen LogP contribution in [0.15, 0.2) is 29.2 Å². The van der Waals surface area contributed by atoms with Gasteiger partial charge in [0.15, 0.2) is 15.6 Å². The molecule has 1 fully saturated rings. The van der Waals surface area contributed by atoms with Crippen molar-refractivity contribution in [1.82, 2.24) is 10.2 Å². The fourth-order valence-corrected chi connectivity index (χ4v) is 3.99. The molecule has 2 rings (SSSR count). The Morgan fingerprint density at radius 1 is 1.28 bits per heavy atom. The first-order valence-corrected chi connectivity index (χ1v) is 9.59. The van der Waals surface area contributed by atoms with Gasteiger partial charge in [-0.1, -0.05) is 12.1 Å². The fraction of sp³-hybridized carbons (Fsp3) is 0.562. The summed E-state index contributed by atoms with van der Waals surface area (Å²) < 4.78 is 60.4. The van der Waals surface area contributed by atoms with Gasteiger partial charge in [-0.2, -0.15) is 13.2 Å². The van der Waals surface area contributed by atoms with Gasteiger partial charge in [0, 0.05) is 19.1 Å². The van der Waals surface area contributed by atoms with Crippen LogP contribution in [0.2, 0.25) is 0 Å². The lowest BCUT2D eigenvalue weighted by molar-refractivity contribution is -0.131. The molecule has 0 radical (unpaired) electrons. The molecule has 0 aliphatic carbocycles. The van der Waals surface area contributed by atoms with Crippen LogP contribution in [0, 0.1) is 0 Å². The number of nitrogens with one attached hydrogen (secondary N) is 1. The number of alkyl halides is 3. The van der Waals surface area contributed by atoms with E-state index >= 15 is 0 Å². The van der Waals surface area contributed by atoms with Gasteiger partial charge in [-0.3, -0.25) is 4.79 Å². The van der Waals surface area contributed by atoms with Crippen molar-refractivity contribution in [2.45, 2.75) is 36.4 Å². The third-order valence-electron chi connectivity index (χ3n) is 4.17. The van der Waals surface area contributed by atoms with Crippen LogP contribution in [0.5, 0.6) is 0 Å². The Hall–Kier alpha value is -1.61. The minimum Gasteiger partial charge on any atom is -0.341 e. The zero-order chi connectivity index (χ0) is 18.7. The van der Waals surface area contributed by atoms with Crippen LogP contribution >= 0.6 is 0 Å². The van der Waals surface area contributed by atoms with E-state index in [0.29, 0.717) is 18.7 Å². The van der Waals surface area contributed by atoms with E-state index in [4.69, 9.17) is 0 Å². The van der Waals surface area contributed by atoms with E-state index in [1.165, 1.54) is 12.1 Å². The molecule has 5 nitrogen and oxygen atoms in total. The average Bonchev–Trinajstić information content (AvgIpc) is 2.53. The van der Waals surface area contributed by atoms with Crippen molar-refractivity contribution < 1.29 is 26.4 Å². The number of piperidine rings is 1. The molecule has 1 aliphatic rings. The zero-order valence-corrected chi connectivity index (χ0v) is 14.7. The van der Waals surface area contributed by atoms with Crippen LogP contribution in [-0.4, -0.2) is 57.3 Å². The number of benzene rings is 1. The first kappa shape index (κ1) is 19.7. The summed E-state index contributed by atoms with van der Waals surface area (Å²) in [6, 6.07) is 5.28. The summed E-state index contributed by atoms with van der Waals surface area (Å²) in [5.74, 6) is -1.97. The lowest BCUT2D eigenvalue weighted by Crippen LogP contribution is -2.47. The molecular formula is C16H21F3N2O3S. The highest BCUT2D eigenvalue weighted by molar-refractivity contribution is 7.91. The highest BCUT2D eigenvalue weighted by Crippen LogP contribution is 2.23. The third-order valence-corrected chi connectivity index (χ3v) is 5.87. The average molecular weight is 378 g/mol. The molecule has 0 saturated carbocycles. The second-order valence-corrected chi connectivity index (χ2v) is 8.15. The second kappa shape index (κ2) is 7.74. The van der Waals surface area contributed by atoms with Crippen molar-refractivity contribution in [3.05, 3.63) is 29.8 Å². The molecule has 140 valence electrons. The van der Waals surface area contributed by atoms with Crippen LogP contribution in [0.25, 0.3) is 0 Å². The lowest BCUT2D eigenvalue weighted by atomic mass is 10.0. The quantitative estimate of drug-likeness (QED) is 0.848. The summed E-state index contributed by atoms with van der Waals surface area (Å²) >= 11 is 0. The predicted octanol–water partition coefficient (Wildman–Crippen LogP) is 1.78. The maximum Gasteiger partial charge on any atom is 0.403 e. The summed E-state index contributed by atoms with van der Waals surface area (Å²) in [5, 5.41) is 3.14. The van der Waals surface area contributed by atoms with E-state index in [1.807, 2.05) is 7.05 Å². The first-order chi connectivity index (χ1) is 11.6. The number of hydrogen-bond donors (Lipinski definition) is 1. The molecule has 1 saturated heterocycles. The largest absolute Gasteiger partial charge is 0.403 e. The minimum absolute atomic E-state index is 0.0779. The van der Waals surface area contributed by atoms with E-state index in [0.717, 1.165) is 25.0 Å². The van der Waals surface area contributed by atoms with Crippen LogP contribution in [0.3, 0.4) is 0 Å². The van der Waals surface area contributed by atoms with Gasteiger partial charge in [0.05, 0.1) is 11.3 Å². The standard InChI is InChI=1S/C16H21F3N2O3S/c1-20-13-3-2-8-21(10-13)15(22)9-12-4-6-14(7-5-12)25(23,24)11-16(17,18)19/h4-7,13,20H,2-3,8-11H2,1H3. The number of halogens is 3. The van der Waals surface area contributed by atoms with Gasteiger partial charge in [0.1, 0.15) is 0 Å². The van der Waals surface area contributed by atoms with Gasteiger partial charge in [-0.25, -0.2) is 8.42 Å². The molecule has 1 N–H and O–H groups in total. The number of amides is 1. The Morgan fingerprint density at radius 2 is 1.92 bits per heavy atom. The highest BCUT2D eigenvalue weighted by Gasteiger charge is 2.35. The molecule has 0 spiro atoms. The molecule has 1 aromatic carbocycles. The van der Waals surface area contributed by atoms with Crippen LogP contribution in [0.4, 0.5) is 13.2 Å². The summed E-state index contributed by atoms with van der Waals surface area (Å²) in [6.07, 6.45) is -2.78. The predicted molar refractivity (Wildman–Crippen MR) is 86.9 cm³/mol. The molecule has 1 atom stereocenters. The molecule has 25 heavy (non-hydrogen) atoms. The van der Waals surface area contributed by atoms with Gasteiger partial charge < -0.3 is 10.2 Å². The van der Waals surface area contributed by atoms with E-state index < -0.39 is 26.7 Å². The summed E-state index contributed by atoms with van der Waals surface area (Å²) in [6.45, 7) is 1.29. The number of hydrogen-bond acceptors (Lipinski definition) is 4. The number of likely N-dealkylation sites (N-methyl/N-ethyl adjacent to an activating group) is 1. The molecule has 0 bridgehead atoms. The highest BCUT2D eigenvalue weighted by atomic mass is 32.2. The van der Waals surface area contributed by atoms with E-state index in [9.17, 15) is 26.4 Å². The molecule has 1 aromatic rings. The van der Waals surface area contributed by atoms with Crippen LogP contribution in [-0.2, 0) is 21.1 Å². The molecule has 9 heteroatoms. The smallest absolute Gasteiger partial charge is 0.341 e. The Kier molecular flexibility index (Phi) is 6.10. The molecule has 1 heterocycles. The number of nitrogens with zero attached hydrogens (tertiary/aromatic N) is 1. The Labute approximate surface area is 145 Å². The van der Waals surface area contributed by atoms with E-state index in [2.05, 4.69) is 5.32 Å². The lowest BCUT2D eigenvalue weighted by Gasteiger charge is -2.32. The van der Waals surface area contributed by atoms with Gasteiger partial charge in [0.25, 0.3) is 0 Å². The third kappa shape index (κ3) is 5.71. The number of sulfone groups is 1. The minimum atomic E-state index is -4.79. The normalized spacial score (nSPS) is 19.0. The molecule has 0 aromatic heterocycles. The zero-order valence-electron chi connectivity index (χ0n) is 13.8. The van der Waals surface area contributed by atoms with Gasteiger partial charge in [-0.15, -0.1) is 0 Å². The van der Waals surface area contributed by atoms with Gasteiger partial charge in [-0.05, 0) is 37.6 Å². The van der Waals surface area contributed by atoms with Crippen molar-refractivity contribution in [3.8, 4) is 0 Å². The Bertz CT molecular complexity index is 702. The Morgan fingerprint density at radius 3 is 2.48 bits per heavy atom. The van der Waals surface area contributed by atoms with Gasteiger partial charge >= 0.3 is 6.18 Å². The number of rotatable bonds is 5. The van der Waals surface area contributed by atoms with Crippen molar-refractivity contribution in [2.24, 2.45) is 0 Å². The monoisotopic (exact) mass is 378 g/mol. The van der Waals surface area contributed by atoms with Crippen molar-refractivity contribution >= 4 is 15.7 Å². The summed E-state index contributed by atoms with van der Waals surface area (Å²) in [5.41, 5.74) is 0.572. The summed E-state index contributed by atoms with van der Waals surface area (Å²) in [4.78, 5) is 13.7. The SMILES string of the molecule is CNC1CCCN(C(=O)Cc2ccc(S(=O)(=O)CC(F)(F)F)cc2)C1. The van der Waals surface area contributed by atoms with E-state index in [-0.39, 0.29) is 18.4 Å². The molecule has 1 aliphatic heterocycles. The van der Waals surface area contributed by atoms with Crippen LogP contribution in [0.1, 0.15) is 18.4 Å². The van der Waals surface area contributed by atoms with Gasteiger partial charge in [0.2, 0.25) is 5.91 Å².